The van der Waals surface area contributed by atoms with E-state index < -0.39 is 0 Å². The number of carbonyl (C=O) groups excluding carboxylic acids is 1. The maximum atomic E-state index is 13.2. The van der Waals surface area contributed by atoms with Crippen LogP contribution in [0.25, 0.3) is 15.5 Å². The van der Waals surface area contributed by atoms with Crippen LogP contribution >= 0.6 is 11.3 Å². The Hall–Kier alpha value is -3.43. The molecule has 2 aromatic heterocycles. The lowest BCUT2D eigenvalue weighted by Gasteiger charge is -2.34. The Bertz CT molecular complexity index is 1400. The van der Waals surface area contributed by atoms with Gasteiger partial charge < -0.3 is 4.90 Å². The number of halogens is 1. The van der Waals surface area contributed by atoms with Gasteiger partial charge in [0.05, 0.1) is 5.69 Å². The standard InChI is InChI=1S/C26H26FN5O2S/c1-17(2)18-3-5-20(6-4-18)25(34)31-13-11-30(12-14-31)16-22-15-23(33)32-26(28-22)35-24(29-32)19-7-9-21(27)10-8-19/h3-10,15,17H,11-14,16H2,1-2H3. The highest BCUT2D eigenvalue weighted by molar-refractivity contribution is 7.19. The molecule has 0 unspecified atom stereocenters. The highest BCUT2D eigenvalue weighted by atomic mass is 32.1. The Balaban J connectivity index is 1.24. The number of hydrogen-bond acceptors (Lipinski definition) is 6. The second-order valence-corrected chi connectivity index (χ2v) is 10.00. The third-order valence-electron chi connectivity index (χ3n) is 6.26. The van der Waals surface area contributed by atoms with Crippen molar-refractivity contribution in [1.82, 2.24) is 24.4 Å². The van der Waals surface area contributed by atoms with Gasteiger partial charge in [-0.2, -0.15) is 9.61 Å². The summed E-state index contributed by atoms with van der Waals surface area (Å²) in [5.74, 6) is 0.164. The normalized spacial score (nSPS) is 14.7. The van der Waals surface area contributed by atoms with Gasteiger partial charge >= 0.3 is 0 Å². The molecule has 180 valence electrons. The minimum absolute atomic E-state index is 0.0516. The molecule has 35 heavy (non-hydrogen) atoms. The van der Waals surface area contributed by atoms with Crippen LogP contribution in [0.1, 0.15) is 41.4 Å². The van der Waals surface area contributed by atoms with Crippen molar-refractivity contribution >= 4 is 22.2 Å². The van der Waals surface area contributed by atoms with E-state index in [1.165, 1.54) is 39.6 Å². The second-order valence-electron chi connectivity index (χ2n) is 9.04. The van der Waals surface area contributed by atoms with Gasteiger partial charge in [0.1, 0.15) is 10.8 Å². The van der Waals surface area contributed by atoms with E-state index >= 15 is 0 Å². The van der Waals surface area contributed by atoms with Crippen LogP contribution in [0.4, 0.5) is 4.39 Å². The highest BCUT2D eigenvalue weighted by Crippen LogP contribution is 2.24. The number of aromatic nitrogens is 3. The molecular formula is C26H26FN5O2S. The number of fused-ring (bicyclic) bond motifs is 1. The van der Waals surface area contributed by atoms with Crippen LogP contribution in [0.15, 0.2) is 59.4 Å². The minimum Gasteiger partial charge on any atom is -0.336 e. The third-order valence-corrected chi connectivity index (χ3v) is 7.22. The van der Waals surface area contributed by atoms with Gasteiger partial charge in [-0.3, -0.25) is 14.5 Å². The van der Waals surface area contributed by atoms with Gasteiger partial charge in [-0.05, 0) is 47.9 Å². The summed E-state index contributed by atoms with van der Waals surface area (Å²) in [6.07, 6.45) is 0. The summed E-state index contributed by atoms with van der Waals surface area (Å²) in [5, 5.41) is 4.96. The second kappa shape index (κ2) is 9.67. The van der Waals surface area contributed by atoms with Crippen molar-refractivity contribution < 1.29 is 9.18 Å². The van der Waals surface area contributed by atoms with E-state index in [4.69, 9.17) is 0 Å². The molecule has 0 aliphatic carbocycles. The lowest BCUT2D eigenvalue weighted by molar-refractivity contribution is 0.0627. The van der Waals surface area contributed by atoms with Crippen molar-refractivity contribution in [2.45, 2.75) is 26.3 Å². The predicted molar refractivity (Wildman–Crippen MR) is 134 cm³/mol. The van der Waals surface area contributed by atoms with Crippen molar-refractivity contribution in [3.63, 3.8) is 0 Å². The van der Waals surface area contributed by atoms with Crippen LogP contribution < -0.4 is 5.56 Å². The number of carbonyl (C=O) groups is 1. The average molecular weight is 492 g/mol. The first-order valence-corrected chi connectivity index (χ1v) is 12.5. The van der Waals surface area contributed by atoms with E-state index in [0.29, 0.717) is 59.9 Å². The highest BCUT2D eigenvalue weighted by Gasteiger charge is 2.23. The molecule has 0 spiro atoms. The molecule has 5 rings (SSSR count). The topological polar surface area (TPSA) is 70.8 Å². The lowest BCUT2D eigenvalue weighted by Crippen LogP contribution is -2.48. The quantitative estimate of drug-likeness (QED) is 0.422. The van der Waals surface area contributed by atoms with Crippen molar-refractivity contribution in [1.29, 1.82) is 0 Å². The van der Waals surface area contributed by atoms with E-state index in [9.17, 15) is 14.0 Å². The first-order valence-electron chi connectivity index (χ1n) is 11.6. The van der Waals surface area contributed by atoms with E-state index in [1.54, 1.807) is 12.1 Å². The summed E-state index contributed by atoms with van der Waals surface area (Å²) in [5.41, 5.74) is 3.10. The molecule has 9 heteroatoms. The monoisotopic (exact) mass is 491 g/mol. The Kier molecular flexibility index (Phi) is 6.44. The molecule has 2 aromatic carbocycles. The van der Waals surface area contributed by atoms with E-state index in [2.05, 4.69) is 28.8 Å². The zero-order valence-electron chi connectivity index (χ0n) is 19.6. The van der Waals surface area contributed by atoms with Gasteiger partial charge in [0.25, 0.3) is 11.5 Å². The summed E-state index contributed by atoms with van der Waals surface area (Å²) in [6, 6.07) is 15.4. The molecule has 0 atom stereocenters. The number of piperazine rings is 1. The van der Waals surface area contributed by atoms with Gasteiger partial charge in [0.15, 0.2) is 0 Å². The fourth-order valence-electron chi connectivity index (χ4n) is 4.18. The molecule has 3 heterocycles. The summed E-state index contributed by atoms with van der Waals surface area (Å²) in [6.45, 7) is 7.47. The van der Waals surface area contributed by atoms with Crippen molar-refractivity contribution in [3.05, 3.63) is 87.6 Å². The van der Waals surface area contributed by atoms with Crippen LogP contribution in [0, 0.1) is 5.82 Å². The Morgan fingerprint density at radius 1 is 1.03 bits per heavy atom. The lowest BCUT2D eigenvalue weighted by atomic mass is 10.0. The summed E-state index contributed by atoms with van der Waals surface area (Å²) in [4.78, 5) is 34.8. The first-order chi connectivity index (χ1) is 16.9. The maximum absolute atomic E-state index is 13.2. The van der Waals surface area contributed by atoms with Crippen LogP contribution in [0.5, 0.6) is 0 Å². The SMILES string of the molecule is CC(C)c1ccc(C(=O)N2CCN(Cc3cc(=O)n4nc(-c5ccc(F)cc5)sc4n3)CC2)cc1. The summed E-state index contributed by atoms with van der Waals surface area (Å²) >= 11 is 1.30. The van der Waals surface area contributed by atoms with Crippen LogP contribution in [0.3, 0.4) is 0 Å². The molecule has 1 amide bonds. The number of amides is 1. The minimum atomic E-state index is -0.321. The molecule has 1 fully saturated rings. The predicted octanol–water partition coefficient (Wildman–Crippen LogP) is 4.04. The Morgan fingerprint density at radius 3 is 2.37 bits per heavy atom. The molecular weight excluding hydrogens is 465 g/mol. The summed E-state index contributed by atoms with van der Waals surface area (Å²) in [7, 11) is 0. The molecule has 0 saturated carbocycles. The van der Waals surface area contributed by atoms with E-state index in [1.807, 2.05) is 29.2 Å². The van der Waals surface area contributed by atoms with Gasteiger partial charge in [0.2, 0.25) is 4.96 Å². The molecule has 1 saturated heterocycles. The van der Waals surface area contributed by atoms with Crippen LogP contribution in [-0.4, -0.2) is 56.5 Å². The summed E-state index contributed by atoms with van der Waals surface area (Å²) < 4.78 is 14.5. The van der Waals surface area contributed by atoms with Crippen LogP contribution in [0.2, 0.25) is 0 Å². The van der Waals surface area contributed by atoms with E-state index in [0.717, 1.165) is 5.56 Å². The Morgan fingerprint density at radius 2 is 1.71 bits per heavy atom. The number of nitrogens with zero attached hydrogens (tertiary/aromatic N) is 5. The molecule has 4 aromatic rings. The third kappa shape index (κ3) is 5.01. The van der Waals surface area contributed by atoms with Gasteiger partial charge in [0, 0.05) is 49.9 Å². The fourth-order valence-corrected chi connectivity index (χ4v) is 5.11. The van der Waals surface area contributed by atoms with Crippen molar-refractivity contribution in [2.24, 2.45) is 0 Å². The fraction of sp³-hybridized carbons (Fsp3) is 0.308. The average Bonchev–Trinajstić information content (AvgIpc) is 3.29. The van der Waals surface area contributed by atoms with Crippen molar-refractivity contribution in [3.8, 4) is 10.6 Å². The number of rotatable bonds is 5. The van der Waals surface area contributed by atoms with Crippen LogP contribution in [-0.2, 0) is 6.54 Å². The Labute approximate surface area is 206 Å². The van der Waals surface area contributed by atoms with Gasteiger partial charge in [-0.15, -0.1) is 0 Å². The van der Waals surface area contributed by atoms with Gasteiger partial charge in [-0.25, -0.2) is 9.37 Å². The molecule has 1 aliphatic heterocycles. The van der Waals surface area contributed by atoms with Crippen molar-refractivity contribution in [2.75, 3.05) is 26.2 Å². The zero-order chi connectivity index (χ0) is 24.5. The smallest absolute Gasteiger partial charge is 0.275 e. The first kappa shape index (κ1) is 23.3. The van der Waals surface area contributed by atoms with Gasteiger partial charge in [-0.1, -0.05) is 37.3 Å². The number of hydrogen-bond donors (Lipinski definition) is 0. The van der Waals surface area contributed by atoms with E-state index in [-0.39, 0.29) is 17.3 Å². The molecule has 0 bridgehead atoms. The molecule has 0 radical (unpaired) electrons. The maximum Gasteiger partial charge on any atom is 0.275 e. The molecule has 7 nitrogen and oxygen atoms in total. The molecule has 1 aliphatic rings. The molecule has 0 N–H and O–H groups in total. The zero-order valence-corrected chi connectivity index (χ0v) is 20.5. The number of benzene rings is 2. The largest absolute Gasteiger partial charge is 0.336 e.